The number of carbonyl (C=O) groups excluding carboxylic acids is 1. The van der Waals surface area contributed by atoms with Gasteiger partial charge in [0.05, 0.1) is 0 Å². The first-order valence-corrected chi connectivity index (χ1v) is 6.69. The minimum atomic E-state index is 0.243. The van der Waals surface area contributed by atoms with Crippen LogP contribution in [0.3, 0.4) is 0 Å². The van der Waals surface area contributed by atoms with Crippen molar-refractivity contribution in [2.75, 3.05) is 31.7 Å². The fraction of sp³-hybridized carbons (Fsp3) is 0.533. The number of ketones is 1. The number of hydrogen-bond donors (Lipinski definition) is 0. The van der Waals surface area contributed by atoms with Crippen molar-refractivity contribution in [2.45, 2.75) is 26.7 Å². The third kappa shape index (κ3) is 3.40. The van der Waals surface area contributed by atoms with Gasteiger partial charge in [-0.2, -0.15) is 0 Å². The Morgan fingerprint density at radius 2 is 1.89 bits per heavy atom. The highest BCUT2D eigenvalue weighted by Crippen LogP contribution is 2.36. The summed E-state index contributed by atoms with van der Waals surface area (Å²) in [6.07, 6.45) is 1.51. The van der Waals surface area contributed by atoms with Crippen LogP contribution in [0, 0.1) is 6.92 Å². The van der Waals surface area contributed by atoms with Crippen molar-refractivity contribution in [3.63, 3.8) is 0 Å². The van der Waals surface area contributed by atoms with Crippen molar-refractivity contribution in [1.82, 2.24) is 0 Å². The molecule has 4 nitrogen and oxygen atoms in total. The SMILES string of the molecule is CC(=O)CCCN(C)c1cc2c(cc1C)OCCO2. The Kier molecular flexibility index (Phi) is 4.30. The fourth-order valence-corrected chi connectivity index (χ4v) is 2.28. The lowest BCUT2D eigenvalue weighted by Crippen LogP contribution is -2.21. The monoisotopic (exact) mass is 263 g/mol. The molecule has 0 N–H and O–H groups in total. The molecule has 0 aromatic heterocycles. The molecule has 104 valence electrons. The first-order chi connectivity index (χ1) is 9.08. The molecule has 1 aliphatic rings. The van der Waals surface area contributed by atoms with Crippen LogP contribution in [0.25, 0.3) is 0 Å². The van der Waals surface area contributed by atoms with E-state index in [0.717, 1.165) is 35.7 Å². The topological polar surface area (TPSA) is 38.8 Å². The van der Waals surface area contributed by atoms with Gasteiger partial charge in [-0.15, -0.1) is 0 Å². The van der Waals surface area contributed by atoms with E-state index in [1.165, 1.54) is 0 Å². The van der Waals surface area contributed by atoms with Crippen LogP contribution in [-0.4, -0.2) is 32.6 Å². The molecule has 0 unspecified atom stereocenters. The zero-order chi connectivity index (χ0) is 13.8. The van der Waals surface area contributed by atoms with Crippen molar-refractivity contribution < 1.29 is 14.3 Å². The van der Waals surface area contributed by atoms with Crippen LogP contribution in [-0.2, 0) is 4.79 Å². The highest BCUT2D eigenvalue weighted by Gasteiger charge is 2.15. The van der Waals surface area contributed by atoms with Gasteiger partial charge in [-0.05, 0) is 31.9 Å². The first-order valence-electron chi connectivity index (χ1n) is 6.69. The Balaban J connectivity index is 2.08. The van der Waals surface area contributed by atoms with E-state index in [4.69, 9.17) is 9.47 Å². The Hall–Kier alpha value is -1.71. The standard InChI is InChI=1S/C15H21NO3/c1-11-9-14-15(19-8-7-18-14)10-13(11)16(3)6-4-5-12(2)17/h9-10H,4-8H2,1-3H3. The number of Topliss-reactive ketones (excluding diaryl/α,β-unsaturated/α-hetero) is 1. The number of carbonyl (C=O) groups is 1. The Morgan fingerprint density at radius 3 is 2.53 bits per heavy atom. The molecule has 19 heavy (non-hydrogen) atoms. The molecule has 0 fully saturated rings. The van der Waals surface area contributed by atoms with Crippen LogP contribution in [0.4, 0.5) is 5.69 Å². The molecule has 2 rings (SSSR count). The summed E-state index contributed by atoms with van der Waals surface area (Å²) in [5, 5.41) is 0. The van der Waals surface area contributed by atoms with Gasteiger partial charge >= 0.3 is 0 Å². The number of fused-ring (bicyclic) bond motifs is 1. The number of aryl methyl sites for hydroxylation is 1. The summed E-state index contributed by atoms with van der Waals surface area (Å²) >= 11 is 0. The summed E-state index contributed by atoms with van der Waals surface area (Å²) in [5.74, 6) is 1.88. The molecule has 0 aliphatic carbocycles. The van der Waals surface area contributed by atoms with Crippen LogP contribution in [0.1, 0.15) is 25.3 Å². The molecular weight excluding hydrogens is 242 g/mol. The van der Waals surface area contributed by atoms with Crippen LogP contribution >= 0.6 is 0 Å². The molecule has 0 spiro atoms. The number of benzene rings is 1. The predicted octanol–water partition coefficient (Wildman–Crippen LogP) is 2.57. The number of rotatable bonds is 5. The van der Waals surface area contributed by atoms with Crippen LogP contribution in [0.5, 0.6) is 11.5 Å². The third-order valence-electron chi connectivity index (χ3n) is 3.29. The summed E-state index contributed by atoms with van der Waals surface area (Å²) in [5.41, 5.74) is 2.29. The Bertz CT molecular complexity index is 471. The van der Waals surface area contributed by atoms with Gasteiger partial charge in [0.15, 0.2) is 11.5 Å². The lowest BCUT2D eigenvalue weighted by molar-refractivity contribution is -0.117. The Morgan fingerprint density at radius 1 is 1.26 bits per heavy atom. The molecule has 1 aliphatic heterocycles. The molecule has 1 aromatic rings. The molecule has 1 aromatic carbocycles. The summed E-state index contributed by atoms with van der Waals surface area (Å²) < 4.78 is 11.2. The maximum atomic E-state index is 11.0. The number of ether oxygens (including phenoxy) is 2. The number of anilines is 1. The quantitative estimate of drug-likeness (QED) is 0.818. The average molecular weight is 263 g/mol. The van der Waals surface area contributed by atoms with Crippen molar-refractivity contribution >= 4 is 11.5 Å². The second-order valence-electron chi connectivity index (χ2n) is 5.01. The predicted molar refractivity (Wildman–Crippen MR) is 75.4 cm³/mol. The Labute approximate surface area is 114 Å². The van der Waals surface area contributed by atoms with Gasteiger partial charge in [-0.25, -0.2) is 0 Å². The van der Waals surface area contributed by atoms with Crippen LogP contribution in [0.2, 0.25) is 0 Å². The highest BCUT2D eigenvalue weighted by atomic mass is 16.6. The zero-order valence-corrected chi connectivity index (χ0v) is 11.9. The van der Waals surface area contributed by atoms with E-state index in [0.29, 0.717) is 19.6 Å². The van der Waals surface area contributed by atoms with Crippen molar-refractivity contribution in [1.29, 1.82) is 0 Å². The van der Waals surface area contributed by atoms with Crippen molar-refractivity contribution in [3.05, 3.63) is 17.7 Å². The minimum absolute atomic E-state index is 0.243. The lowest BCUT2D eigenvalue weighted by Gasteiger charge is -2.25. The average Bonchev–Trinajstić information content (AvgIpc) is 2.37. The summed E-state index contributed by atoms with van der Waals surface area (Å²) in [4.78, 5) is 13.1. The fourth-order valence-electron chi connectivity index (χ4n) is 2.28. The normalized spacial score (nSPS) is 13.2. The van der Waals surface area contributed by atoms with Gasteiger partial charge in [0, 0.05) is 31.8 Å². The smallest absolute Gasteiger partial charge is 0.163 e. The second kappa shape index (κ2) is 5.95. The van der Waals surface area contributed by atoms with Crippen molar-refractivity contribution in [2.24, 2.45) is 0 Å². The maximum absolute atomic E-state index is 11.0. The minimum Gasteiger partial charge on any atom is -0.486 e. The van der Waals surface area contributed by atoms with Gasteiger partial charge in [-0.1, -0.05) is 0 Å². The summed E-state index contributed by atoms with van der Waals surface area (Å²) in [7, 11) is 2.04. The maximum Gasteiger partial charge on any atom is 0.163 e. The van der Waals surface area contributed by atoms with Gasteiger partial charge in [-0.3, -0.25) is 0 Å². The zero-order valence-electron chi connectivity index (χ0n) is 11.9. The number of nitrogens with zero attached hydrogens (tertiary/aromatic N) is 1. The van der Waals surface area contributed by atoms with E-state index in [1.54, 1.807) is 6.92 Å². The van der Waals surface area contributed by atoms with Gasteiger partial charge in [0.25, 0.3) is 0 Å². The van der Waals surface area contributed by atoms with E-state index in [2.05, 4.69) is 11.8 Å². The molecule has 1 heterocycles. The molecular formula is C15H21NO3. The van der Waals surface area contributed by atoms with E-state index in [-0.39, 0.29) is 5.78 Å². The highest BCUT2D eigenvalue weighted by molar-refractivity contribution is 5.75. The molecule has 0 saturated carbocycles. The molecule has 4 heteroatoms. The molecule has 0 saturated heterocycles. The van der Waals surface area contributed by atoms with Crippen LogP contribution in [0.15, 0.2) is 12.1 Å². The van der Waals surface area contributed by atoms with Crippen LogP contribution < -0.4 is 14.4 Å². The van der Waals surface area contributed by atoms with E-state index >= 15 is 0 Å². The molecule has 0 atom stereocenters. The second-order valence-corrected chi connectivity index (χ2v) is 5.01. The lowest BCUT2D eigenvalue weighted by atomic mass is 10.1. The van der Waals surface area contributed by atoms with Gasteiger partial charge in [0.2, 0.25) is 0 Å². The molecule has 0 radical (unpaired) electrons. The molecule has 0 amide bonds. The van der Waals surface area contributed by atoms with Crippen molar-refractivity contribution in [3.8, 4) is 11.5 Å². The summed E-state index contributed by atoms with van der Waals surface area (Å²) in [6, 6.07) is 4.04. The first kappa shape index (κ1) is 13.7. The third-order valence-corrected chi connectivity index (χ3v) is 3.29. The largest absolute Gasteiger partial charge is 0.486 e. The molecule has 0 bridgehead atoms. The van der Waals surface area contributed by atoms with E-state index < -0.39 is 0 Å². The summed E-state index contributed by atoms with van der Waals surface area (Å²) in [6.45, 7) is 5.77. The van der Waals surface area contributed by atoms with E-state index in [1.807, 2.05) is 19.2 Å². The number of hydrogen-bond acceptors (Lipinski definition) is 4. The van der Waals surface area contributed by atoms with Gasteiger partial charge < -0.3 is 19.2 Å². The van der Waals surface area contributed by atoms with Gasteiger partial charge in [0.1, 0.15) is 19.0 Å². The van der Waals surface area contributed by atoms with E-state index in [9.17, 15) is 4.79 Å².